The highest BCUT2D eigenvalue weighted by Crippen LogP contribution is 2.35. The number of halogens is 4. The summed E-state index contributed by atoms with van der Waals surface area (Å²) < 4.78 is 82.0. The maximum Gasteiger partial charge on any atom is 0.205 e. The zero-order valence-corrected chi connectivity index (χ0v) is 11.3. The van der Waals surface area contributed by atoms with Crippen LogP contribution in [0.15, 0.2) is 4.90 Å². The number of rotatable bonds is 4. The monoisotopic (exact) mass is 310 g/mol. The zero-order valence-electron chi connectivity index (χ0n) is 10.5. The maximum atomic E-state index is 13.7. The smallest absolute Gasteiger partial charge is 0.205 e. The highest BCUT2D eigenvalue weighted by molar-refractivity contribution is 7.92. The van der Waals surface area contributed by atoms with Gasteiger partial charge in [0, 0.05) is 0 Å². The summed E-state index contributed by atoms with van der Waals surface area (Å²) in [6, 6.07) is 0. The molecule has 0 aliphatic carbocycles. The summed E-state index contributed by atoms with van der Waals surface area (Å²) in [6.07, 6.45) is 4.84. The molecule has 0 aliphatic rings. The first-order chi connectivity index (χ1) is 9.16. The topological polar surface area (TPSA) is 43.4 Å². The van der Waals surface area contributed by atoms with E-state index < -0.39 is 55.6 Å². The Hall–Kier alpha value is -1.75. The third kappa shape index (κ3) is 2.58. The average molecular weight is 310 g/mol. The second-order valence-electron chi connectivity index (χ2n) is 4.00. The van der Waals surface area contributed by atoms with E-state index in [0.29, 0.717) is 0 Å². The molecule has 1 rings (SSSR count). The van der Waals surface area contributed by atoms with Crippen LogP contribution in [0.1, 0.15) is 13.8 Å². The molecule has 0 heterocycles. The van der Waals surface area contributed by atoms with E-state index in [4.69, 9.17) is 6.42 Å². The predicted molar refractivity (Wildman–Crippen MR) is 62.9 cm³/mol. The molecule has 0 fully saturated rings. The molecule has 0 unspecified atom stereocenters. The predicted octanol–water partition coefficient (Wildman–Crippen LogP) is 2.44. The van der Waals surface area contributed by atoms with Crippen molar-refractivity contribution in [2.45, 2.75) is 24.0 Å². The van der Waals surface area contributed by atoms with Crippen molar-refractivity contribution in [2.75, 3.05) is 6.61 Å². The molecule has 110 valence electrons. The number of terminal acetylenes is 1. The Morgan fingerprint density at radius 2 is 1.60 bits per heavy atom. The van der Waals surface area contributed by atoms with E-state index >= 15 is 0 Å². The van der Waals surface area contributed by atoms with Crippen molar-refractivity contribution in [2.24, 2.45) is 0 Å². The first kappa shape index (κ1) is 16.3. The second-order valence-corrected chi connectivity index (χ2v) is 6.44. The van der Waals surface area contributed by atoms with Gasteiger partial charge >= 0.3 is 0 Å². The largest absolute Gasteiger partial charge is 0.476 e. The van der Waals surface area contributed by atoms with Crippen molar-refractivity contribution in [3.63, 3.8) is 0 Å². The maximum absolute atomic E-state index is 13.7. The molecule has 0 saturated carbocycles. The molecular weight excluding hydrogens is 300 g/mol. The van der Waals surface area contributed by atoms with E-state index in [-0.39, 0.29) is 0 Å². The highest BCUT2D eigenvalue weighted by atomic mass is 32.2. The molecule has 0 radical (unpaired) electrons. The summed E-state index contributed by atoms with van der Waals surface area (Å²) in [5, 5.41) is -1.20. The van der Waals surface area contributed by atoms with Gasteiger partial charge in [-0.2, -0.15) is 4.39 Å². The molecule has 0 spiro atoms. The molecule has 3 nitrogen and oxygen atoms in total. The lowest BCUT2D eigenvalue weighted by Gasteiger charge is -2.15. The van der Waals surface area contributed by atoms with Gasteiger partial charge in [-0.3, -0.25) is 0 Å². The fraction of sp³-hybridized carbons (Fsp3) is 0.333. The Balaban J connectivity index is 3.77. The normalized spacial score (nSPS) is 11.5. The fourth-order valence-electron chi connectivity index (χ4n) is 1.32. The van der Waals surface area contributed by atoms with Gasteiger partial charge in [0.1, 0.15) is 6.61 Å². The van der Waals surface area contributed by atoms with Gasteiger partial charge in [0.15, 0.2) is 32.1 Å². The van der Waals surface area contributed by atoms with Crippen LogP contribution in [0, 0.1) is 35.6 Å². The lowest BCUT2D eigenvalue weighted by Crippen LogP contribution is -2.20. The number of sulfone groups is 1. The third-order valence-electron chi connectivity index (χ3n) is 2.39. The molecule has 0 aromatic heterocycles. The van der Waals surface area contributed by atoms with E-state index in [9.17, 15) is 26.0 Å². The number of ether oxygens (including phenoxy) is 1. The van der Waals surface area contributed by atoms with E-state index in [2.05, 4.69) is 4.74 Å². The van der Waals surface area contributed by atoms with E-state index in [0.717, 1.165) is 0 Å². The molecule has 0 N–H and O–H groups in total. The standard InChI is InChI=1S/C12H10F4O3S/c1-4-5-19-11-9(15)7(13)8(14)10(16)12(11)20(17,18)6(2)3/h1,6H,5H2,2-3H3. The second kappa shape index (κ2) is 5.71. The first-order valence-electron chi connectivity index (χ1n) is 5.32. The minimum atomic E-state index is -4.45. The Morgan fingerprint density at radius 1 is 1.10 bits per heavy atom. The Morgan fingerprint density at radius 3 is 2.05 bits per heavy atom. The van der Waals surface area contributed by atoms with Gasteiger partial charge < -0.3 is 4.74 Å². The SMILES string of the molecule is C#CCOc1c(F)c(F)c(F)c(F)c1S(=O)(=O)C(C)C. The van der Waals surface area contributed by atoms with Crippen LogP contribution < -0.4 is 4.74 Å². The van der Waals surface area contributed by atoms with Gasteiger partial charge in [-0.05, 0) is 13.8 Å². The molecular formula is C12H10F4O3S. The number of hydrogen-bond acceptors (Lipinski definition) is 3. The van der Waals surface area contributed by atoms with Crippen LogP contribution in [0.2, 0.25) is 0 Å². The van der Waals surface area contributed by atoms with Gasteiger partial charge in [-0.1, -0.05) is 5.92 Å². The van der Waals surface area contributed by atoms with Crippen LogP contribution in [-0.2, 0) is 9.84 Å². The summed E-state index contributed by atoms with van der Waals surface area (Å²) in [4.78, 5) is -1.38. The quantitative estimate of drug-likeness (QED) is 0.282. The van der Waals surface area contributed by atoms with Gasteiger partial charge in [0.25, 0.3) is 0 Å². The molecule has 0 atom stereocenters. The van der Waals surface area contributed by atoms with Crippen LogP contribution in [0.25, 0.3) is 0 Å². The molecule has 8 heteroatoms. The van der Waals surface area contributed by atoms with Gasteiger partial charge in [-0.25, -0.2) is 21.6 Å². The van der Waals surface area contributed by atoms with Crippen molar-refractivity contribution in [1.29, 1.82) is 0 Å². The Bertz CT molecular complexity index is 675. The van der Waals surface area contributed by atoms with Crippen molar-refractivity contribution < 1.29 is 30.7 Å². The molecule has 0 saturated heterocycles. The summed E-state index contributed by atoms with van der Waals surface area (Å²) in [7, 11) is -4.45. The van der Waals surface area contributed by atoms with Crippen molar-refractivity contribution in [1.82, 2.24) is 0 Å². The van der Waals surface area contributed by atoms with Crippen molar-refractivity contribution >= 4 is 9.84 Å². The summed E-state index contributed by atoms with van der Waals surface area (Å²) >= 11 is 0. The fourth-order valence-corrected chi connectivity index (χ4v) is 2.54. The Labute approximate surface area is 113 Å². The zero-order chi connectivity index (χ0) is 15.7. The van der Waals surface area contributed by atoms with Crippen LogP contribution in [0.4, 0.5) is 17.6 Å². The summed E-state index contributed by atoms with van der Waals surface area (Å²) in [6.45, 7) is 1.69. The van der Waals surface area contributed by atoms with Crippen LogP contribution in [0.5, 0.6) is 5.75 Å². The molecule has 1 aromatic rings. The average Bonchev–Trinajstić information content (AvgIpc) is 2.38. The highest BCUT2D eigenvalue weighted by Gasteiger charge is 2.35. The molecule has 1 aromatic carbocycles. The first-order valence-corrected chi connectivity index (χ1v) is 6.87. The van der Waals surface area contributed by atoms with Gasteiger partial charge in [0.05, 0.1) is 5.25 Å². The molecule has 0 amide bonds. The molecule has 0 bridgehead atoms. The van der Waals surface area contributed by atoms with Gasteiger partial charge in [-0.15, -0.1) is 6.42 Å². The Kier molecular flexibility index (Phi) is 4.65. The molecule has 20 heavy (non-hydrogen) atoms. The minimum Gasteiger partial charge on any atom is -0.476 e. The third-order valence-corrected chi connectivity index (χ3v) is 4.56. The molecule has 0 aliphatic heterocycles. The van der Waals surface area contributed by atoms with E-state index in [1.165, 1.54) is 13.8 Å². The van der Waals surface area contributed by atoms with Crippen LogP contribution >= 0.6 is 0 Å². The van der Waals surface area contributed by atoms with Crippen molar-refractivity contribution in [3.05, 3.63) is 23.3 Å². The summed E-state index contributed by atoms with van der Waals surface area (Å²) in [5.74, 6) is -7.75. The van der Waals surface area contributed by atoms with E-state index in [1.54, 1.807) is 0 Å². The lowest BCUT2D eigenvalue weighted by atomic mass is 10.3. The number of hydrogen-bond donors (Lipinski definition) is 0. The van der Waals surface area contributed by atoms with Crippen LogP contribution in [-0.4, -0.2) is 20.3 Å². The van der Waals surface area contributed by atoms with Crippen molar-refractivity contribution in [3.8, 4) is 18.1 Å². The minimum absolute atomic E-state index is 0.637. The van der Waals surface area contributed by atoms with Gasteiger partial charge in [0.2, 0.25) is 11.6 Å². The van der Waals surface area contributed by atoms with E-state index in [1.807, 2.05) is 5.92 Å². The number of benzene rings is 1. The summed E-state index contributed by atoms with van der Waals surface area (Å²) in [5.41, 5.74) is 0. The van der Waals surface area contributed by atoms with Crippen LogP contribution in [0.3, 0.4) is 0 Å². The lowest BCUT2D eigenvalue weighted by molar-refractivity contribution is 0.305.